The van der Waals surface area contributed by atoms with Crippen molar-refractivity contribution in [1.82, 2.24) is 16.2 Å². The molecule has 0 unspecified atom stereocenters. The van der Waals surface area contributed by atoms with E-state index in [2.05, 4.69) is 10.7 Å². The molecule has 3 N–H and O–H groups in total. The molecular formula is C18H14ClN3O5. The number of hydrogen-bond acceptors (Lipinski definition) is 5. The number of furan rings is 2. The smallest absolute Gasteiger partial charge is 0.327 e. The van der Waals surface area contributed by atoms with Crippen LogP contribution in [0.4, 0.5) is 0 Å². The Bertz CT molecular complexity index is 965. The van der Waals surface area contributed by atoms with Gasteiger partial charge in [0.15, 0.2) is 5.76 Å². The van der Waals surface area contributed by atoms with E-state index in [-0.39, 0.29) is 12.3 Å². The fraction of sp³-hybridized carbons (Fsp3) is 0.0556. The van der Waals surface area contributed by atoms with Crippen LogP contribution in [0.1, 0.15) is 16.3 Å². The second-order valence-corrected chi connectivity index (χ2v) is 5.72. The standard InChI is InChI=1S/C18H14ClN3O5/c19-13-6-2-1-5-12(13)14-7-8-15(27-14)16(23)21-22-18(25)17(24)20-10-11-4-3-9-26-11/h1-9H,10H2,(H,20,24)(H,21,23)(H,22,25). The minimum absolute atomic E-state index is 0.0482. The summed E-state index contributed by atoms with van der Waals surface area (Å²) in [7, 11) is 0. The van der Waals surface area contributed by atoms with Crippen molar-refractivity contribution in [2.75, 3.05) is 0 Å². The Labute approximate surface area is 158 Å². The number of carbonyl (C=O) groups excluding carboxylic acids is 3. The zero-order chi connectivity index (χ0) is 19.2. The molecule has 0 radical (unpaired) electrons. The first-order chi connectivity index (χ1) is 13.0. The molecule has 8 nitrogen and oxygen atoms in total. The van der Waals surface area contributed by atoms with Gasteiger partial charge in [-0.15, -0.1) is 0 Å². The van der Waals surface area contributed by atoms with Gasteiger partial charge in [-0.1, -0.05) is 23.7 Å². The van der Waals surface area contributed by atoms with Gasteiger partial charge >= 0.3 is 17.7 Å². The van der Waals surface area contributed by atoms with E-state index in [1.165, 1.54) is 12.3 Å². The highest BCUT2D eigenvalue weighted by atomic mass is 35.5. The van der Waals surface area contributed by atoms with Crippen molar-refractivity contribution in [2.24, 2.45) is 0 Å². The molecular weight excluding hydrogens is 374 g/mol. The molecule has 0 fully saturated rings. The fourth-order valence-electron chi connectivity index (χ4n) is 2.16. The van der Waals surface area contributed by atoms with Crippen molar-refractivity contribution >= 4 is 29.3 Å². The van der Waals surface area contributed by atoms with Gasteiger partial charge in [0.05, 0.1) is 17.8 Å². The first kappa shape index (κ1) is 18.3. The van der Waals surface area contributed by atoms with Crippen molar-refractivity contribution in [3.05, 3.63) is 71.3 Å². The van der Waals surface area contributed by atoms with Crippen LogP contribution in [0.3, 0.4) is 0 Å². The lowest BCUT2D eigenvalue weighted by Gasteiger charge is -2.06. The summed E-state index contributed by atoms with van der Waals surface area (Å²) in [4.78, 5) is 35.4. The molecule has 9 heteroatoms. The van der Waals surface area contributed by atoms with Crippen LogP contribution in [0.5, 0.6) is 0 Å². The van der Waals surface area contributed by atoms with Gasteiger partial charge in [0, 0.05) is 5.56 Å². The third kappa shape index (κ3) is 4.56. The molecule has 3 amide bonds. The Morgan fingerprint density at radius 1 is 0.926 bits per heavy atom. The molecule has 3 rings (SSSR count). The van der Waals surface area contributed by atoms with Crippen LogP contribution in [-0.4, -0.2) is 17.7 Å². The Hall–Kier alpha value is -3.52. The number of amides is 3. The van der Waals surface area contributed by atoms with Gasteiger partial charge in [-0.25, -0.2) is 0 Å². The Morgan fingerprint density at radius 2 is 1.74 bits per heavy atom. The summed E-state index contributed by atoms with van der Waals surface area (Å²) in [5, 5.41) is 2.82. The van der Waals surface area contributed by atoms with Crippen LogP contribution >= 0.6 is 11.6 Å². The van der Waals surface area contributed by atoms with Crippen LogP contribution in [0, 0.1) is 0 Å². The van der Waals surface area contributed by atoms with Crippen molar-refractivity contribution in [3.8, 4) is 11.3 Å². The highest BCUT2D eigenvalue weighted by Gasteiger charge is 2.17. The van der Waals surface area contributed by atoms with Gasteiger partial charge in [-0.05, 0) is 36.4 Å². The fourth-order valence-corrected chi connectivity index (χ4v) is 2.39. The summed E-state index contributed by atoms with van der Waals surface area (Å²) >= 11 is 6.08. The molecule has 0 aliphatic heterocycles. The van der Waals surface area contributed by atoms with E-state index in [4.69, 9.17) is 20.4 Å². The van der Waals surface area contributed by atoms with Crippen molar-refractivity contribution in [1.29, 1.82) is 0 Å². The van der Waals surface area contributed by atoms with E-state index < -0.39 is 17.7 Å². The molecule has 27 heavy (non-hydrogen) atoms. The first-order valence-corrected chi connectivity index (χ1v) is 8.18. The zero-order valence-electron chi connectivity index (χ0n) is 13.8. The predicted molar refractivity (Wildman–Crippen MR) is 95.3 cm³/mol. The lowest BCUT2D eigenvalue weighted by Crippen LogP contribution is -2.48. The largest absolute Gasteiger partial charge is 0.467 e. The van der Waals surface area contributed by atoms with E-state index in [1.54, 1.807) is 42.5 Å². The van der Waals surface area contributed by atoms with E-state index in [0.29, 0.717) is 22.1 Å². The second kappa shape index (κ2) is 8.24. The number of rotatable bonds is 4. The van der Waals surface area contributed by atoms with Crippen LogP contribution in [0.2, 0.25) is 5.02 Å². The number of hydrazine groups is 1. The molecule has 0 spiro atoms. The van der Waals surface area contributed by atoms with Gasteiger partial charge in [-0.2, -0.15) is 0 Å². The predicted octanol–water partition coefficient (Wildman–Crippen LogP) is 2.27. The van der Waals surface area contributed by atoms with Crippen LogP contribution in [0.25, 0.3) is 11.3 Å². The quantitative estimate of drug-likeness (QED) is 0.469. The summed E-state index contributed by atoms with van der Waals surface area (Å²) in [5.41, 5.74) is 4.73. The van der Waals surface area contributed by atoms with Crippen molar-refractivity contribution in [2.45, 2.75) is 6.54 Å². The van der Waals surface area contributed by atoms with Gasteiger partial charge in [0.1, 0.15) is 11.5 Å². The number of hydrogen-bond donors (Lipinski definition) is 3. The second-order valence-electron chi connectivity index (χ2n) is 5.31. The maximum Gasteiger partial charge on any atom is 0.327 e. The number of halogens is 1. The number of nitrogens with one attached hydrogen (secondary N) is 3. The maximum atomic E-state index is 12.0. The lowest BCUT2D eigenvalue weighted by molar-refractivity contribution is -0.139. The van der Waals surface area contributed by atoms with Gasteiger partial charge < -0.3 is 14.2 Å². The third-order valence-electron chi connectivity index (χ3n) is 3.47. The van der Waals surface area contributed by atoms with Crippen molar-refractivity contribution in [3.63, 3.8) is 0 Å². The van der Waals surface area contributed by atoms with Crippen molar-refractivity contribution < 1.29 is 23.2 Å². The maximum absolute atomic E-state index is 12.0. The highest BCUT2D eigenvalue weighted by Crippen LogP contribution is 2.28. The summed E-state index contributed by atoms with van der Waals surface area (Å²) in [6.07, 6.45) is 1.45. The van der Waals surface area contributed by atoms with Gasteiger partial charge in [0.25, 0.3) is 0 Å². The normalized spacial score (nSPS) is 10.3. The van der Waals surface area contributed by atoms with Gasteiger partial charge in [0.2, 0.25) is 0 Å². The third-order valence-corrected chi connectivity index (χ3v) is 3.80. The summed E-state index contributed by atoms with van der Waals surface area (Å²) in [5.74, 6) is -1.85. The molecule has 0 aliphatic rings. The molecule has 2 heterocycles. The molecule has 0 saturated carbocycles. The van der Waals surface area contributed by atoms with Crippen LogP contribution in [-0.2, 0) is 16.1 Å². The van der Waals surface area contributed by atoms with E-state index >= 15 is 0 Å². The monoisotopic (exact) mass is 387 g/mol. The highest BCUT2D eigenvalue weighted by molar-refractivity contribution is 6.35. The summed E-state index contributed by atoms with van der Waals surface area (Å²) in [6, 6.07) is 13.3. The first-order valence-electron chi connectivity index (χ1n) is 7.80. The molecule has 0 saturated heterocycles. The summed E-state index contributed by atoms with van der Waals surface area (Å²) < 4.78 is 10.5. The average Bonchev–Trinajstić information content (AvgIpc) is 3.36. The van der Waals surface area contributed by atoms with E-state index in [9.17, 15) is 14.4 Å². The molecule has 2 aromatic heterocycles. The number of carbonyl (C=O) groups is 3. The minimum atomic E-state index is -1.03. The Kier molecular flexibility index (Phi) is 5.58. The number of benzene rings is 1. The molecule has 3 aromatic rings. The molecule has 1 aromatic carbocycles. The molecule has 0 bridgehead atoms. The van der Waals surface area contributed by atoms with E-state index in [1.807, 2.05) is 5.43 Å². The van der Waals surface area contributed by atoms with Gasteiger partial charge in [-0.3, -0.25) is 25.2 Å². The zero-order valence-corrected chi connectivity index (χ0v) is 14.6. The van der Waals surface area contributed by atoms with Crippen LogP contribution < -0.4 is 16.2 Å². The minimum Gasteiger partial charge on any atom is -0.467 e. The molecule has 138 valence electrons. The molecule has 0 atom stereocenters. The SMILES string of the molecule is O=C(NCc1ccco1)C(=O)NNC(=O)c1ccc(-c2ccccc2Cl)o1. The van der Waals surface area contributed by atoms with E-state index in [0.717, 1.165) is 0 Å². The molecule has 0 aliphatic carbocycles. The Balaban J connectivity index is 1.52. The summed E-state index contributed by atoms with van der Waals surface area (Å²) in [6.45, 7) is 0.0482. The lowest BCUT2D eigenvalue weighted by atomic mass is 10.2. The Morgan fingerprint density at radius 3 is 2.48 bits per heavy atom. The average molecular weight is 388 g/mol. The topological polar surface area (TPSA) is 114 Å². The van der Waals surface area contributed by atoms with Crippen LogP contribution in [0.15, 0.2) is 63.6 Å².